The molecule has 0 radical (unpaired) electrons. The maximum Gasteiger partial charge on any atom is 0.137 e. The molecule has 0 aliphatic rings. The van der Waals surface area contributed by atoms with Crippen molar-refractivity contribution in [1.29, 1.82) is 0 Å². The average molecular weight is 368 g/mol. The van der Waals surface area contributed by atoms with E-state index < -0.39 is 0 Å². The Labute approximate surface area is 163 Å². The van der Waals surface area contributed by atoms with Gasteiger partial charge in [-0.15, -0.1) is 0 Å². The van der Waals surface area contributed by atoms with Crippen molar-refractivity contribution in [2.24, 2.45) is 9.98 Å². The highest BCUT2D eigenvalue weighted by molar-refractivity contribution is 5.79. The van der Waals surface area contributed by atoms with Crippen LogP contribution in [0.4, 0.5) is 0 Å². The molecule has 2 aromatic heterocycles. The fourth-order valence-corrected chi connectivity index (χ4v) is 2.73. The van der Waals surface area contributed by atoms with Crippen LogP contribution in [0.2, 0.25) is 0 Å². The molecule has 6 nitrogen and oxygen atoms in total. The van der Waals surface area contributed by atoms with Gasteiger partial charge in [0.2, 0.25) is 0 Å². The van der Waals surface area contributed by atoms with Crippen LogP contribution in [0.5, 0.6) is 0 Å². The summed E-state index contributed by atoms with van der Waals surface area (Å²) in [6.45, 7) is 1.21. The third-order valence-electron chi connectivity index (χ3n) is 4.10. The third kappa shape index (κ3) is 4.48. The lowest BCUT2D eigenvalue weighted by molar-refractivity contribution is 0.983. The van der Waals surface area contributed by atoms with Gasteiger partial charge in [-0.1, -0.05) is 60.7 Å². The first-order chi connectivity index (χ1) is 13.9. The van der Waals surface area contributed by atoms with E-state index in [-0.39, 0.29) is 0 Å². The van der Waals surface area contributed by atoms with Gasteiger partial charge in [0.15, 0.2) is 0 Å². The molecule has 0 bridgehead atoms. The first kappa shape index (κ1) is 17.6. The molecule has 28 heavy (non-hydrogen) atoms. The van der Waals surface area contributed by atoms with Crippen LogP contribution in [0.3, 0.4) is 0 Å². The lowest BCUT2D eigenvalue weighted by Gasteiger charge is -1.94. The number of hydrogen-bond acceptors (Lipinski definition) is 4. The molecule has 138 valence electrons. The predicted octanol–water partition coefficient (Wildman–Crippen LogP) is 4.00. The van der Waals surface area contributed by atoms with Crippen LogP contribution in [0.15, 0.2) is 83.0 Å². The number of imidazole rings is 2. The number of H-pyrrole nitrogens is 2. The number of hydrogen-bond donors (Lipinski definition) is 2. The fraction of sp³-hybridized carbons (Fsp3) is 0.0909. The van der Waals surface area contributed by atoms with Crippen LogP contribution in [-0.2, 0) is 0 Å². The zero-order valence-electron chi connectivity index (χ0n) is 15.3. The third-order valence-corrected chi connectivity index (χ3v) is 4.10. The number of nitrogens with zero attached hydrogens (tertiary/aromatic N) is 4. The highest BCUT2D eigenvalue weighted by Gasteiger charge is 2.01. The van der Waals surface area contributed by atoms with Crippen molar-refractivity contribution in [1.82, 2.24) is 19.9 Å². The number of nitrogens with one attached hydrogen (secondary N) is 2. The van der Waals surface area contributed by atoms with Crippen LogP contribution in [0.1, 0.15) is 11.4 Å². The summed E-state index contributed by atoms with van der Waals surface area (Å²) in [4.78, 5) is 24.1. The number of aromatic nitrogens is 4. The van der Waals surface area contributed by atoms with Crippen molar-refractivity contribution in [2.75, 3.05) is 13.1 Å². The monoisotopic (exact) mass is 368 g/mol. The molecule has 0 spiro atoms. The highest BCUT2D eigenvalue weighted by Crippen LogP contribution is 2.14. The summed E-state index contributed by atoms with van der Waals surface area (Å²) in [5.41, 5.74) is 3.87. The maximum absolute atomic E-state index is 4.40. The van der Waals surface area contributed by atoms with E-state index in [0.29, 0.717) is 13.1 Å². The Kier molecular flexibility index (Phi) is 5.49. The SMILES string of the molecule is C(=NCCN=Cc1cnc(-c2ccccc2)[nH]1)c1cnc(-c2ccccc2)[nH]1. The zero-order valence-corrected chi connectivity index (χ0v) is 15.3. The summed E-state index contributed by atoms with van der Waals surface area (Å²) < 4.78 is 0. The minimum atomic E-state index is 0.607. The first-order valence-electron chi connectivity index (χ1n) is 9.09. The average Bonchev–Trinajstić information content (AvgIpc) is 3.42. The van der Waals surface area contributed by atoms with E-state index in [1.807, 2.05) is 60.7 Å². The second-order valence-corrected chi connectivity index (χ2v) is 6.18. The first-order valence-corrected chi connectivity index (χ1v) is 9.09. The van der Waals surface area contributed by atoms with Gasteiger partial charge in [-0.25, -0.2) is 9.97 Å². The van der Waals surface area contributed by atoms with Crippen molar-refractivity contribution in [2.45, 2.75) is 0 Å². The Morgan fingerprint density at radius 2 is 1.07 bits per heavy atom. The van der Waals surface area contributed by atoms with Gasteiger partial charge in [0.05, 0.1) is 36.9 Å². The molecule has 0 fully saturated rings. The number of aromatic amines is 2. The summed E-state index contributed by atoms with van der Waals surface area (Å²) in [5.74, 6) is 1.68. The topological polar surface area (TPSA) is 82.1 Å². The lowest BCUT2D eigenvalue weighted by Crippen LogP contribution is -1.91. The molecule has 0 unspecified atom stereocenters. The molecule has 0 saturated heterocycles. The van der Waals surface area contributed by atoms with Crippen LogP contribution < -0.4 is 0 Å². The predicted molar refractivity (Wildman–Crippen MR) is 113 cm³/mol. The number of aliphatic imine (C=N–C) groups is 2. The summed E-state index contributed by atoms with van der Waals surface area (Å²) in [6.07, 6.45) is 7.15. The summed E-state index contributed by atoms with van der Waals surface area (Å²) >= 11 is 0. The molecule has 2 heterocycles. The van der Waals surface area contributed by atoms with Crippen LogP contribution in [0.25, 0.3) is 22.8 Å². The summed E-state index contributed by atoms with van der Waals surface area (Å²) in [7, 11) is 0. The van der Waals surface area contributed by atoms with Gasteiger partial charge < -0.3 is 9.97 Å². The molecule has 0 amide bonds. The van der Waals surface area contributed by atoms with E-state index in [1.54, 1.807) is 24.8 Å². The second kappa shape index (κ2) is 8.73. The Balaban J connectivity index is 1.27. The summed E-state index contributed by atoms with van der Waals surface area (Å²) in [6, 6.07) is 20.0. The van der Waals surface area contributed by atoms with Crippen molar-refractivity contribution in [3.8, 4) is 22.8 Å². The van der Waals surface area contributed by atoms with Crippen LogP contribution >= 0.6 is 0 Å². The smallest absolute Gasteiger partial charge is 0.137 e. The van der Waals surface area contributed by atoms with Gasteiger partial charge in [-0.05, 0) is 0 Å². The van der Waals surface area contributed by atoms with Gasteiger partial charge in [0, 0.05) is 23.6 Å². The minimum Gasteiger partial charge on any atom is -0.337 e. The molecule has 0 aliphatic carbocycles. The normalized spacial score (nSPS) is 11.6. The Hall–Kier alpha value is -3.80. The molecule has 0 aliphatic heterocycles. The second-order valence-electron chi connectivity index (χ2n) is 6.18. The Bertz CT molecular complexity index is 973. The fourth-order valence-electron chi connectivity index (χ4n) is 2.73. The Morgan fingerprint density at radius 1 is 0.643 bits per heavy atom. The van der Waals surface area contributed by atoms with Crippen molar-refractivity contribution in [3.05, 3.63) is 84.4 Å². The maximum atomic E-state index is 4.40. The van der Waals surface area contributed by atoms with Crippen molar-refractivity contribution >= 4 is 12.4 Å². The van der Waals surface area contributed by atoms with Gasteiger partial charge in [0.1, 0.15) is 11.6 Å². The highest BCUT2D eigenvalue weighted by atomic mass is 14.9. The number of rotatable bonds is 7. The van der Waals surface area contributed by atoms with Crippen molar-refractivity contribution in [3.63, 3.8) is 0 Å². The van der Waals surface area contributed by atoms with E-state index in [2.05, 4.69) is 29.9 Å². The molecule has 4 aromatic rings. The number of benzene rings is 2. The van der Waals surface area contributed by atoms with E-state index in [4.69, 9.17) is 0 Å². The largest absolute Gasteiger partial charge is 0.337 e. The molecule has 2 N–H and O–H groups in total. The quantitative estimate of drug-likeness (QED) is 0.382. The van der Waals surface area contributed by atoms with Gasteiger partial charge in [0.25, 0.3) is 0 Å². The molecule has 6 heteroatoms. The lowest BCUT2D eigenvalue weighted by atomic mass is 10.2. The van der Waals surface area contributed by atoms with Gasteiger partial charge >= 0.3 is 0 Å². The zero-order chi connectivity index (χ0) is 19.0. The van der Waals surface area contributed by atoms with E-state index in [0.717, 1.165) is 34.2 Å². The molecular formula is C22H20N6. The molecule has 0 saturated carbocycles. The van der Waals surface area contributed by atoms with Gasteiger partial charge in [-0.2, -0.15) is 0 Å². The molecular weight excluding hydrogens is 348 g/mol. The van der Waals surface area contributed by atoms with E-state index >= 15 is 0 Å². The van der Waals surface area contributed by atoms with Crippen LogP contribution in [0, 0.1) is 0 Å². The molecule has 0 atom stereocenters. The van der Waals surface area contributed by atoms with Gasteiger partial charge in [-0.3, -0.25) is 9.98 Å². The minimum absolute atomic E-state index is 0.607. The van der Waals surface area contributed by atoms with Crippen molar-refractivity contribution < 1.29 is 0 Å². The van der Waals surface area contributed by atoms with E-state index in [9.17, 15) is 0 Å². The summed E-state index contributed by atoms with van der Waals surface area (Å²) in [5, 5.41) is 0. The molecule has 2 aromatic carbocycles. The van der Waals surface area contributed by atoms with E-state index in [1.165, 1.54) is 0 Å². The molecule has 4 rings (SSSR count). The Morgan fingerprint density at radius 3 is 1.50 bits per heavy atom. The standard InChI is InChI=1S/C22H20N6/c1-3-7-17(8-4-1)21-25-15-19(27-21)13-23-11-12-24-14-20-16-26-22(28-20)18-9-5-2-6-10-18/h1-10,13-16H,11-12H2,(H,25,27)(H,26,28). The van der Waals surface area contributed by atoms with Crippen LogP contribution in [-0.4, -0.2) is 45.5 Å².